The van der Waals surface area contributed by atoms with Crippen molar-refractivity contribution in [3.8, 4) is 0 Å². The standard InChI is InChI=1S/C13H16N2O5S/c1-8(16)9-2-4-10(5-3-9)21(19,20)15-11-6-7-12(17)14-13(11)18/h2-5,8,11,15-16H,6-7H2,1H3,(H,14,17,18). The molecule has 1 fully saturated rings. The number of amides is 2. The first-order valence-corrected chi connectivity index (χ1v) is 7.92. The fourth-order valence-electron chi connectivity index (χ4n) is 1.99. The summed E-state index contributed by atoms with van der Waals surface area (Å²) in [6, 6.07) is 4.77. The van der Waals surface area contributed by atoms with Gasteiger partial charge in [0.1, 0.15) is 6.04 Å². The van der Waals surface area contributed by atoms with Gasteiger partial charge in [0.2, 0.25) is 21.8 Å². The SMILES string of the molecule is CC(O)c1ccc(S(=O)(=O)NC2CCC(=O)NC2=O)cc1. The Bertz CT molecular complexity index is 652. The van der Waals surface area contributed by atoms with E-state index in [4.69, 9.17) is 0 Å². The number of aliphatic hydroxyl groups is 1. The average Bonchev–Trinajstić information content (AvgIpc) is 2.42. The van der Waals surface area contributed by atoms with E-state index < -0.39 is 34.0 Å². The van der Waals surface area contributed by atoms with E-state index in [1.807, 2.05) is 0 Å². The Morgan fingerprint density at radius 1 is 1.29 bits per heavy atom. The lowest BCUT2D eigenvalue weighted by Gasteiger charge is -2.21. The molecule has 0 saturated carbocycles. The molecule has 1 saturated heterocycles. The summed E-state index contributed by atoms with van der Waals surface area (Å²) in [6.45, 7) is 1.57. The summed E-state index contributed by atoms with van der Waals surface area (Å²) in [5.41, 5.74) is 0.593. The molecule has 3 N–H and O–H groups in total. The summed E-state index contributed by atoms with van der Waals surface area (Å²) in [5.74, 6) is -1.05. The highest BCUT2D eigenvalue weighted by Gasteiger charge is 2.30. The molecule has 8 heteroatoms. The number of benzene rings is 1. The van der Waals surface area contributed by atoms with Crippen LogP contribution in [-0.2, 0) is 19.6 Å². The van der Waals surface area contributed by atoms with Gasteiger partial charge in [0.15, 0.2) is 0 Å². The first-order valence-electron chi connectivity index (χ1n) is 6.43. The van der Waals surface area contributed by atoms with Gasteiger partial charge in [-0.1, -0.05) is 12.1 Å². The van der Waals surface area contributed by atoms with Gasteiger partial charge in [-0.3, -0.25) is 14.9 Å². The largest absolute Gasteiger partial charge is 0.389 e. The Hall–Kier alpha value is -1.77. The highest BCUT2D eigenvalue weighted by molar-refractivity contribution is 7.89. The molecule has 0 aliphatic carbocycles. The van der Waals surface area contributed by atoms with Crippen LogP contribution in [-0.4, -0.2) is 31.4 Å². The number of carbonyl (C=O) groups is 2. The Morgan fingerprint density at radius 3 is 2.43 bits per heavy atom. The zero-order valence-electron chi connectivity index (χ0n) is 11.4. The molecule has 0 spiro atoms. The van der Waals surface area contributed by atoms with Gasteiger partial charge in [-0.15, -0.1) is 0 Å². The number of nitrogens with one attached hydrogen (secondary N) is 2. The van der Waals surface area contributed by atoms with E-state index in [-0.39, 0.29) is 17.7 Å². The second-order valence-corrected chi connectivity index (χ2v) is 6.58. The lowest BCUT2D eigenvalue weighted by atomic mass is 10.1. The van der Waals surface area contributed by atoms with Gasteiger partial charge < -0.3 is 5.11 Å². The lowest BCUT2D eigenvalue weighted by Crippen LogP contribution is -2.52. The zero-order chi connectivity index (χ0) is 15.6. The van der Waals surface area contributed by atoms with E-state index in [1.54, 1.807) is 6.92 Å². The predicted octanol–water partition coefficient (Wildman–Crippen LogP) is -0.177. The summed E-state index contributed by atoms with van der Waals surface area (Å²) in [6.07, 6.45) is -0.458. The van der Waals surface area contributed by atoms with Gasteiger partial charge in [-0.25, -0.2) is 8.42 Å². The van der Waals surface area contributed by atoms with Crippen molar-refractivity contribution in [3.05, 3.63) is 29.8 Å². The second-order valence-electron chi connectivity index (χ2n) is 4.87. The highest BCUT2D eigenvalue weighted by atomic mass is 32.2. The maximum absolute atomic E-state index is 12.2. The summed E-state index contributed by atoms with van der Waals surface area (Å²) in [4.78, 5) is 22.6. The van der Waals surface area contributed by atoms with Crippen molar-refractivity contribution in [2.45, 2.75) is 36.8 Å². The first kappa shape index (κ1) is 15.6. The lowest BCUT2D eigenvalue weighted by molar-refractivity contribution is -0.134. The molecule has 21 heavy (non-hydrogen) atoms. The van der Waals surface area contributed by atoms with Crippen LogP contribution in [0.25, 0.3) is 0 Å². The van der Waals surface area contributed by atoms with Crippen LogP contribution in [0.4, 0.5) is 0 Å². The molecular formula is C13H16N2O5S. The van der Waals surface area contributed by atoms with Gasteiger partial charge in [0.25, 0.3) is 0 Å². The van der Waals surface area contributed by atoms with Crippen LogP contribution in [0.3, 0.4) is 0 Å². The molecule has 0 bridgehead atoms. The average molecular weight is 312 g/mol. The normalized spacial score (nSPS) is 21.0. The zero-order valence-corrected chi connectivity index (χ0v) is 12.2. The Morgan fingerprint density at radius 2 is 1.90 bits per heavy atom. The monoisotopic (exact) mass is 312 g/mol. The molecule has 114 valence electrons. The highest BCUT2D eigenvalue weighted by Crippen LogP contribution is 2.17. The Labute approximate surface area is 122 Å². The van der Waals surface area contributed by atoms with Crippen molar-refractivity contribution in [2.24, 2.45) is 0 Å². The van der Waals surface area contributed by atoms with E-state index in [0.29, 0.717) is 5.56 Å². The molecule has 7 nitrogen and oxygen atoms in total. The number of imide groups is 1. The fraction of sp³-hybridized carbons (Fsp3) is 0.385. The molecule has 1 heterocycles. The molecule has 2 rings (SSSR count). The second kappa shape index (κ2) is 5.92. The molecule has 1 aliphatic heterocycles. The van der Waals surface area contributed by atoms with Gasteiger partial charge in [0.05, 0.1) is 11.0 Å². The van der Waals surface area contributed by atoms with Crippen LogP contribution in [0.1, 0.15) is 31.4 Å². The number of carbonyl (C=O) groups excluding carboxylic acids is 2. The van der Waals surface area contributed by atoms with Crippen molar-refractivity contribution < 1.29 is 23.1 Å². The van der Waals surface area contributed by atoms with Crippen LogP contribution >= 0.6 is 0 Å². The topological polar surface area (TPSA) is 113 Å². The van der Waals surface area contributed by atoms with E-state index in [9.17, 15) is 23.1 Å². The van der Waals surface area contributed by atoms with Crippen molar-refractivity contribution in [3.63, 3.8) is 0 Å². The third-order valence-electron chi connectivity index (χ3n) is 3.21. The number of aliphatic hydroxyl groups excluding tert-OH is 1. The summed E-state index contributed by atoms with van der Waals surface area (Å²) in [5, 5.41) is 11.5. The number of rotatable bonds is 4. The minimum atomic E-state index is -3.86. The maximum Gasteiger partial charge on any atom is 0.244 e. The number of hydrogen-bond acceptors (Lipinski definition) is 5. The van der Waals surface area contributed by atoms with Crippen LogP contribution in [0.15, 0.2) is 29.2 Å². The molecule has 2 amide bonds. The minimum Gasteiger partial charge on any atom is -0.389 e. The number of sulfonamides is 1. The van der Waals surface area contributed by atoms with Crippen molar-refractivity contribution in [1.29, 1.82) is 0 Å². The van der Waals surface area contributed by atoms with Crippen molar-refractivity contribution in [2.75, 3.05) is 0 Å². The van der Waals surface area contributed by atoms with E-state index in [1.165, 1.54) is 24.3 Å². The summed E-state index contributed by atoms with van der Waals surface area (Å²) < 4.78 is 26.6. The third kappa shape index (κ3) is 3.66. The summed E-state index contributed by atoms with van der Waals surface area (Å²) >= 11 is 0. The molecule has 1 aromatic carbocycles. The molecular weight excluding hydrogens is 296 g/mol. The van der Waals surface area contributed by atoms with Gasteiger partial charge in [-0.05, 0) is 31.0 Å². The van der Waals surface area contributed by atoms with Crippen molar-refractivity contribution in [1.82, 2.24) is 10.0 Å². The van der Waals surface area contributed by atoms with Crippen LogP contribution in [0, 0.1) is 0 Å². The van der Waals surface area contributed by atoms with Gasteiger partial charge >= 0.3 is 0 Å². The predicted molar refractivity (Wildman–Crippen MR) is 73.6 cm³/mol. The maximum atomic E-state index is 12.2. The van der Waals surface area contributed by atoms with E-state index >= 15 is 0 Å². The fourth-order valence-corrected chi connectivity index (χ4v) is 3.22. The van der Waals surface area contributed by atoms with Gasteiger partial charge in [-0.2, -0.15) is 4.72 Å². The first-order chi connectivity index (χ1) is 9.79. The molecule has 0 aromatic heterocycles. The quantitative estimate of drug-likeness (QED) is 0.668. The smallest absolute Gasteiger partial charge is 0.244 e. The van der Waals surface area contributed by atoms with Gasteiger partial charge in [0, 0.05) is 6.42 Å². The molecule has 1 aromatic rings. The van der Waals surface area contributed by atoms with E-state index in [0.717, 1.165) is 0 Å². The number of hydrogen-bond donors (Lipinski definition) is 3. The van der Waals surface area contributed by atoms with Crippen LogP contribution in [0.5, 0.6) is 0 Å². The Balaban J connectivity index is 2.14. The third-order valence-corrected chi connectivity index (χ3v) is 4.70. The van der Waals surface area contributed by atoms with Crippen LogP contribution < -0.4 is 10.0 Å². The molecule has 0 radical (unpaired) electrons. The molecule has 1 aliphatic rings. The molecule has 2 atom stereocenters. The number of piperidine rings is 1. The van der Waals surface area contributed by atoms with Crippen molar-refractivity contribution >= 4 is 21.8 Å². The summed E-state index contributed by atoms with van der Waals surface area (Å²) in [7, 11) is -3.86. The minimum absolute atomic E-state index is 0.00315. The van der Waals surface area contributed by atoms with E-state index in [2.05, 4.69) is 10.0 Å². The van der Waals surface area contributed by atoms with Crippen LogP contribution in [0.2, 0.25) is 0 Å². The Kier molecular flexibility index (Phi) is 4.40. The molecule has 2 unspecified atom stereocenters.